The van der Waals surface area contributed by atoms with Crippen LogP contribution in [0.5, 0.6) is 0 Å². The lowest BCUT2D eigenvalue weighted by molar-refractivity contribution is 0.102. The van der Waals surface area contributed by atoms with Crippen LogP contribution in [0.1, 0.15) is 21.6 Å². The third kappa shape index (κ3) is 4.36. The van der Waals surface area contributed by atoms with Gasteiger partial charge in [0.2, 0.25) is 5.88 Å². The van der Waals surface area contributed by atoms with Gasteiger partial charge in [0.15, 0.2) is 0 Å². The lowest BCUT2D eigenvalue weighted by Crippen LogP contribution is -2.14. The predicted octanol–water partition coefficient (Wildman–Crippen LogP) is 4.14. The number of sulfonamides is 1. The molecule has 31 heavy (non-hydrogen) atoms. The molecule has 0 saturated carbocycles. The number of hydrogen-bond acceptors (Lipinski definition) is 5. The van der Waals surface area contributed by atoms with E-state index < -0.39 is 10.0 Å². The van der Waals surface area contributed by atoms with Gasteiger partial charge in [-0.15, -0.1) is 0 Å². The van der Waals surface area contributed by atoms with Gasteiger partial charge in [-0.25, -0.2) is 13.1 Å². The summed E-state index contributed by atoms with van der Waals surface area (Å²) in [5, 5.41) is 6.50. The van der Waals surface area contributed by atoms with Gasteiger partial charge in [0.25, 0.3) is 15.9 Å². The normalized spacial score (nSPS) is 11.3. The monoisotopic (exact) mass is 436 g/mol. The predicted molar refractivity (Wildman–Crippen MR) is 117 cm³/mol. The van der Waals surface area contributed by atoms with E-state index in [1.807, 2.05) is 41.2 Å². The molecule has 0 bridgehead atoms. The van der Waals surface area contributed by atoms with E-state index >= 15 is 0 Å². The maximum Gasteiger partial charge on any atom is 0.264 e. The summed E-state index contributed by atoms with van der Waals surface area (Å²) in [5.74, 6) is -0.209. The van der Waals surface area contributed by atoms with Gasteiger partial charge in [0, 0.05) is 34.9 Å². The van der Waals surface area contributed by atoms with Gasteiger partial charge in [-0.1, -0.05) is 5.16 Å². The van der Waals surface area contributed by atoms with Gasteiger partial charge in [0.1, 0.15) is 0 Å². The molecule has 0 saturated heterocycles. The molecular formula is C22H20N4O4S. The molecule has 158 valence electrons. The molecule has 0 fully saturated rings. The Kier molecular flexibility index (Phi) is 5.35. The third-order valence-corrected chi connectivity index (χ3v) is 6.19. The average molecular weight is 436 g/mol. The molecule has 0 radical (unpaired) electrons. The Labute approximate surface area is 179 Å². The fraction of sp³-hybridized carbons (Fsp3) is 0.0909. The maximum absolute atomic E-state index is 12.6. The standard InChI is InChI=1S/C22H20N4O4S/c1-15-16(2)24-30-22(15)25-31(28,29)20-11-7-18(8-12-20)23-21(27)17-5-9-19(10-6-17)26-13-3-4-14-26/h3-14,25H,1-2H3,(H,23,27). The molecule has 9 heteroatoms. The van der Waals surface area contributed by atoms with Crippen LogP contribution in [0.2, 0.25) is 0 Å². The number of carbonyl (C=O) groups excluding carboxylic acids is 1. The van der Waals surface area contributed by atoms with Gasteiger partial charge in [-0.05, 0) is 74.5 Å². The zero-order valence-corrected chi connectivity index (χ0v) is 17.7. The SMILES string of the molecule is Cc1noc(NS(=O)(=O)c2ccc(NC(=O)c3ccc(-n4cccc4)cc3)cc2)c1C. The summed E-state index contributed by atoms with van der Waals surface area (Å²) in [6.07, 6.45) is 3.84. The molecule has 2 heterocycles. The smallest absolute Gasteiger partial charge is 0.264 e. The van der Waals surface area contributed by atoms with Crippen molar-refractivity contribution in [1.29, 1.82) is 0 Å². The molecule has 2 aromatic carbocycles. The van der Waals surface area contributed by atoms with Gasteiger partial charge < -0.3 is 14.4 Å². The van der Waals surface area contributed by atoms with Crippen LogP contribution < -0.4 is 10.0 Å². The van der Waals surface area contributed by atoms with E-state index in [1.165, 1.54) is 24.3 Å². The minimum absolute atomic E-state index is 0.0371. The molecule has 8 nitrogen and oxygen atoms in total. The lowest BCUT2D eigenvalue weighted by atomic mass is 10.2. The number of aryl methyl sites for hydroxylation is 1. The first-order valence-corrected chi connectivity index (χ1v) is 10.9. The van der Waals surface area contributed by atoms with Crippen molar-refractivity contribution in [2.24, 2.45) is 0 Å². The maximum atomic E-state index is 12.6. The number of nitrogens with zero attached hydrogens (tertiary/aromatic N) is 2. The Hall–Kier alpha value is -3.85. The Morgan fingerprint density at radius 3 is 2.19 bits per heavy atom. The highest BCUT2D eigenvalue weighted by Gasteiger charge is 2.19. The number of amides is 1. The second-order valence-corrected chi connectivity index (χ2v) is 8.63. The van der Waals surface area contributed by atoms with Crippen molar-refractivity contribution in [1.82, 2.24) is 9.72 Å². The van der Waals surface area contributed by atoms with Crippen LogP contribution in [0, 0.1) is 13.8 Å². The van der Waals surface area contributed by atoms with E-state index in [4.69, 9.17) is 4.52 Å². The second-order valence-electron chi connectivity index (χ2n) is 6.94. The van der Waals surface area contributed by atoms with E-state index in [9.17, 15) is 13.2 Å². The van der Waals surface area contributed by atoms with Crippen molar-refractivity contribution in [2.75, 3.05) is 10.0 Å². The summed E-state index contributed by atoms with van der Waals surface area (Å²) in [4.78, 5) is 12.5. The first-order chi connectivity index (χ1) is 14.8. The zero-order valence-electron chi connectivity index (χ0n) is 16.9. The molecule has 0 unspecified atom stereocenters. The number of rotatable bonds is 6. The molecule has 0 atom stereocenters. The Morgan fingerprint density at radius 1 is 0.968 bits per heavy atom. The van der Waals surface area contributed by atoms with Gasteiger partial charge in [-0.3, -0.25) is 4.79 Å². The van der Waals surface area contributed by atoms with E-state index in [0.29, 0.717) is 22.5 Å². The molecule has 0 aliphatic carbocycles. The average Bonchev–Trinajstić information content (AvgIpc) is 3.40. The van der Waals surface area contributed by atoms with Crippen molar-refractivity contribution in [2.45, 2.75) is 18.7 Å². The summed E-state index contributed by atoms with van der Waals surface area (Å²) in [6, 6.07) is 16.9. The summed E-state index contributed by atoms with van der Waals surface area (Å²) in [5.41, 5.74) is 3.14. The highest BCUT2D eigenvalue weighted by atomic mass is 32.2. The van der Waals surface area contributed by atoms with E-state index in [2.05, 4.69) is 15.2 Å². The molecule has 4 rings (SSSR count). The summed E-state index contributed by atoms with van der Waals surface area (Å²) >= 11 is 0. The highest BCUT2D eigenvalue weighted by Crippen LogP contribution is 2.23. The molecule has 0 aliphatic rings. The van der Waals surface area contributed by atoms with Gasteiger partial charge in [-0.2, -0.15) is 0 Å². The largest absolute Gasteiger partial charge is 0.337 e. The third-order valence-electron chi connectivity index (χ3n) is 4.84. The fourth-order valence-corrected chi connectivity index (χ4v) is 3.95. The molecular weight excluding hydrogens is 416 g/mol. The summed E-state index contributed by atoms with van der Waals surface area (Å²) in [7, 11) is -3.84. The fourth-order valence-electron chi connectivity index (χ4n) is 2.90. The summed E-state index contributed by atoms with van der Waals surface area (Å²) < 4.78 is 34.5. The molecule has 2 aromatic heterocycles. The van der Waals surface area contributed by atoms with E-state index in [1.54, 1.807) is 26.0 Å². The van der Waals surface area contributed by atoms with E-state index in [0.717, 1.165) is 5.69 Å². The lowest BCUT2D eigenvalue weighted by Gasteiger charge is -2.09. The minimum atomic E-state index is -3.84. The van der Waals surface area contributed by atoms with Crippen LogP contribution in [0.15, 0.2) is 82.5 Å². The van der Waals surface area contributed by atoms with Crippen LogP contribution >= 0.6 is 0 Å². The minimum Gasteiger partial charge on any atom is -0.337 e. The molecule has 0 spiro atoms. The van der Waals surface area contributed by atoms with Crippen LogP contribution in [-0.2, 0) is 10.0 Å². The molecule has 0 aliphatic heterocycles. The molecule has 1 amide bonds. The first-order valence-electron chi connectivity index (χ1n) is 9.44. The number of benzene rings is 2. The number of carbonyl (C=O) groups is 1. The van der Waals surface area contributed by atoms with Gasteiger partial charge >= 0.3 is 0 Å². The van der Waals surface area contributed by atoms with E-state index in [-0.39, 0.29) is 16.7 Å². The van der Waals surface area contributed by atoms with Crippen LogP contribution in [0.25, 0.3) is 5.69 Å². The molecule has 2 N–H and O–H groups in total. The number of aromatic nitrogens is 2. The zero-order chi connectivity index (χ0) is 22.0. The Balaban J connectivity index is 1.44. The number of nitrogens with one attached hydrogen (secondary N) is 2. The van der Waals surface area contributed by atoms with Crippen LogP contribution in [-0.4, -0.2) is 24.0 Å². The topological polar surface area (TPSA) is 106 Å². The Morgan fingerprint density at radius 2 is 1.61 bits per heavy atom. The van der Waals surface area contributed by atoms with Gasteiger partial charge in [0.05, 0.1) is 10.6 Å². The molecule has 4 aromatic rings. The van der Waals surface area contributed by atoms with Crippen molar-refractivity contribution in [3.63, 3.8) is 0 Å². The van der Waals surface area contributed by atoms with Crippen molar-refractivity contribution < 1.29 is 17.7 Å². The number of hydrogen-bond donors (Lipinski definition) is 2. The van der Waals surface area contributed by atoms with Crippen molar-refractivity contribution in [3.8, 4) is 5.69 Å². The van der Waals surface area contributed by atoms with Crippen molar-refractivity contribution >= 4 is 27.5 Å². The number of anilines is 2. The highest BCUT2D eigenvalue weighted by molar-refractivity contribution is 7.92. The van der Waals surface area contributed by atoms with Crippen LogP contribution in [0.4, 0.5) is 11.6 Å². The first kappa shape index (κ1) is 20.4. The van der Waals surface area contributed by atoms with Crippen LogP contribution in [0.3, 0.4) is 0 Å². The summed E-state index contributed by atoms with van der Waals surface area (Å²) in [6.45, 7) is 3.44. The van der Waals surface area contributed by atoms with Crippen molar-refractivity contribution in [3.05, 3.63) is 89.9 Å². The quantitative estimate of drug-likeness (QED) is 0.473. The Bertz CT molecular complexity index is 1310. The second kappa shape index (κ2) is 8.11.